The molecule has 0 saturated heterocycles. The second-order valence-corrected chi connectivity index (χ2v) is 7.10. The van der Waals surface area contributed by atoms with Crippen molar-refractivity contribution in [1.82, 2.24) is 10.2 Å². The molecule has 6 heteroatoms. The molecule has 2 N–H and O–H groups in total. The predicted octanol–water partition coefficient (Wildman–Crippen LogP) is 4.31. The molecule has 2 amide bonds. The summed E-state index contributed by atoms with van der Waals surface area (Å²) < 4.78 is 4.62. The van der Waals surface area contributed by atoms with Crippen LogP contribution in [0.3, 0.4) is 0 Å². The molecule has 3 aromatic carbocycles. The third-order valence-electron chi connectivity index (χ3n) is 5.10. The smallest absolute Gasteiger partial charge is 0.407 e. The number of methoxy groups -OCH3 is 1. The highest BCUT2D eigenvalue weighted by Gasteiger charge is 2.32. The van der Waals surface area contributed by atoms with Crippen molar-refractivity contribution in [3.05, 3.63) is 101 Å². The first-order valence-electron chi connectivity index (χ1n) is 9.77. The van der Waals surface area contributed by atoms with Crippen LogP contribution in [0.15, 0.2) is 78.9 Å². The van der Waals surface area contributed by atoms with Crippen LogP contribution in [0.25, 0.3) is 0 Å². The molecule has 0 radical (unpaired) electrons. The number of nitrogens with zero attached hydrogens (tertiary/aromatic N) is 1. The first-order chi connectivity index (χ1) is 14.7. The number of para-hydroxylation sites is 1. The number of carbonyl (C=O) groups is 2. The van der Waals surface area contributed by atoms with E-state index >= 15 is 0 Å². The van der Waals surface area contributed by atoms with Crippen molar-refractivity contribution < 1.29 is 14.3 Å². The van der Waals surface area contributed by atoms with Crippen molar-refractivity contribution in [2.75, 3.05) is 12.4 Å². The Hall–Kier alpha value is -3.80. The van der Waals surface area contributed by atoms with Gasteiger partial charge in [0.05, 0.1) is 12.7 Å². The molecule has 0 aliphatic carbocycles. The molecule has 30 heavy (non-hydrogen) atoms. The van der Waals surface area contributed by atoms with Crippen molar-refractivity contribution in [1.29, 1.82) is 0 Å². The molecule has 1 heterocycles. The molecule has 0 bridgehead atoms. The minimum Gasteiger partial charge on any atom is -0.453 e. The number of anilines is 1. The van der Waals surface area contributed by atoms with E-state index in [0.717, 1.165) is 22.4 Å². The fourth-order valence-corrected chi connectivity index (χ4v) is 3.64. The quantitative estimate of drug-likeness (QED) is 0.668. The van der Waals surface area contributed by atoms with E-state index in [2.05, 4.69) is 15.4 Å². The lowest BCUT2D eigenvalue weighted by Gasteiger charge is -2.38. The van der Waals surface area contributed by atoms with Crippen LogP contribution in [0.1, 0.15) is 33.2 Å². The molecule has 1 unspecified atom stereocenters. The standard InChI is InChI=1S/C24H23N3O3/c1-30-24(29)25-15-17-8-7-9-18(14-17)16-27-22(19-10-3-2-4-11-19)26-21-13-6-5-12-20(21)23(27)28/h2-14,22,26H,15-16H2,1H3,(H,25,29). The van der Waals surface area contributed by atoms with Gasteiger partial charge in [0.1, 0.15) is 6.17 Å². The fraction of sp³-hybridized carbons (Fsp3) is 0.167. The normalized spacial score (nSPS) is 15.2. The summed E-state index contributed by atoms with van der Waals surface area (Å²) in [6.45, 7) is 0.795. The van der Waals surface area contributed by atoms with Gasteiger partial charge < -0.3 is 20.3 Å². The minimum absolute atomic E-state index is 0.0173. The molecule has 0 saturated carbocycles. The molecule has 0 spiro atoms. The molecule has 1 aliphatic rings. The van der Waals surface area contributed by atoms with E-state index < -0.39 is 6.09 Å². The van der Waals surface area contributed by atoms with Crippen LogP contribution in [0, 0.1) is 0 Å². The van der Waals surface area contributed by atoms with Crippen LogP contribution in [0.4, 0.5) is 10.5 Å². The lowest BCUT2D eigenvalue weighted by molar-refractivity contribution is 0.0666. The SMILES string of the molecule is COC(=O)NCc1cccc(CN2C(=O)c3ccccc3NC2c2ccccc2)c1. The van der Waals surface area contributed by atoms with Crippen LogP contribution in [0.2, 0.25) is 0 Å². The molecular formula is C24H23N3O3. The van der Waals surface area contributed by atoms with Gasteiger partial charge in [0.25, 0.3) is 5.91 Å². The number of benzene rings is 3. The van der Waals surface area contributed by atoms with Gasteiger partial charge in [0.15, 0.2) is 0 Å². The number of nitrogens with one attached hydrogen (secondary N) is 2. The van der Waals surface area contributed by atoms with Crippen LogP contribution < -0.4 is 10.6 Å². The van der Waals surface area contributed by atoms with Crippen LogP contribution in [-0.4, -0.2) is 24.0 Å². The molecule has 152 valence electrons. The molecule has 1 atom stereocenters. The highest BCUT2D eigenvalue weighted by molar-refractivity contribution is 6.01. The summed E-state index contributed by atoms with van der Waals surface area (Å²) in [5, 5.41) is 6.19. The highest BCUT2D eigenvalue weighted by atomic mass is 16.5. The molecule has 6 nitrogen and oxygen atoms in total. The van der Waals surface area contributed by atoms with Gasteiger partial charge in [-0.25, -0.2) is 4.79 Å². The number of hydrogen-bond acceptors (Lipinski definition) is 4. The topological polar surface area (TPSA) is 70.7 Å². The molecule has 0 aromatic heterocycles. The summed E-state index contributed by atoms with van der Waals surface area (Å²) in [7, 11) is 1.34. The predicted molar refractivity (Wildman–Crippen MR) is 115 cm³/mol. The number of alkyl carbamates (subject to hydrolysis) is 1. The summed E-state index contributed by atoms with van der Waals surface area (Å²) >= 11 is 0. The van der Waals surface area contributed by atoms with Gasteiger partial charge in [-0.15, -0.1) is 0 Å². The summed E-state index contributed by atoms with van der Waals surface area (Å²) in [4.78, 5) is 26.5. The zero-order chi connectivity index (χ0) is 20.9. The summed E-state index contributed by atoms with van der Waals surface area (Å²) in [6.07, 6.45) is -0.748. The maximum atomic E-state index is 13.4. The highest BCUT2D eigenvalue weighted by Crippen LogP contribution is 2.34. The zero-order valence-corrected chi connectivity index (χ0v) is 16.7. The Labute approximate surface area is 175 Å². The summed E-state index contributed by atoms with van der Waals surface area (Å²) in [5.74, 6) is -0.0173. The van der Waals surface area contributed by atoms with Crippen molar-refractivity contribution in [2.24, 2.45) is 0 Å². The van der Waals surface area contributed by atoms with Gasteiger partial charge in [-0.05, 0) is 28.8 Å². The van der Waals surface area contributed by atoms with Gasteiger partial charge in [0.2, 0.25) is 0 Å². The summed E-state index contributed by atoms with van der Waals surface area (Å²) in [6, 6.07) is 25.3. The van der Waals surface area contributed by atoms with Crippen molar-refractivity contribution in [2.45, 2.75) is 19.3 Å². The lowest BCUT2D eigenvalue weighted by Crippen LogP contribution is -2.42. The van der Waals surface area contributed by atoms with E-state index in [0.29, 0.717) is 18.7 Å². The second kappa shape index (κ2) is 8.69. The molecule has 1 aliphatic heterocycles. The van der Waals surface area contributed by atoms with Crippen molar-refractivity contribution in [3.8, 4) is 0 Å². The van der Waals surface area contributed by atoms with Gasteiger partial charge in [-0.2, -0.15) is 0 Å². The minimum atomic E-state index is -0.475. The Balaban J connectivity index is 1.62. The Morgan fingerprint density at radius 1 is 1.00 bits per heavy atom. The zero-order valence-electron chi connectivity index (χ0n) is 16.7. The number of rotatable bonds is 5. The number of amides is 2. The van der Waals surface area contributed by atoms with Gasteiger partial charge in [-0.3, -0.25) is 4.79 Å². The number of hydrogen-bond donors (Lipinski definition) is 2. The van der Waals surface area contributed by atoms with E-state index in [1.807, 2.05) is 83.8 Å². The molecular weight excluding hydrogens is 378 g/mol. The first-order valence-corrected chi connectivity index (χ1v) is 9.77. The van der Waals surface area contributed by atoms with E-state index in [1.54, 1.807) is 0 Å². The molecule has 4 rings (SSSR count). The van der Waals surface area contributed by atoms with Gasteiger partial charge >= 0.3 is 6.09 Å². The Morgan fingerprint density at radius 2 is 1.73 bits per heavy atom. The molecule has 0 fully saturated rings. The maximum absolute atomic E-state index is 13.4. The average Bonchev–Trinajstić information content (AvgIpc) is 2.80. The second-order valence-electron chi connectivity index (χ2n) is 7.10. The fourth-order valence-electron chi connectivity index (χ4n) is 3.64. The lowest BCUT2D eigenvalue weighted by atomic mass is 10.0. The van der Waals surface area contributed by atoms with Crippen LogP contribution >= 0.6 is 0 Å². The van der Waals surface area contributed by atoms with Crippen molar-refractivity contribution in [3.63, 3.8) is 0 Å². The number of ether oxygens (including phenoxy) is 1. The Morgan fingerprint density at radius 3 is 2.53 bits per heavy atom. The monoisotopic (exact) mass is 401 g/mol. The third kappa shape index (κ3) is 4.12. The van der Waals surface area contributed by atoms with Gasteiger partial charge in [-0.1, -0.05) is 66.7 Å². The number of carbonyl (C=O) groups excluding carboxylic acids is 2. The first kappa shape index (κ1) is 19.5. The van der Waals surface area contributed by atoms with Crippen LogP contribution in [0.5, 0.6) is 0 Å². The van der Waals surface area contributed by atoms with Crippen LogP contribution in [-0.2, 0) is 17.8 Å². The molecule has 3 aromatic rings. The average molecular weight is 401 g/mol. The van der Waals surface area contributed by atoms with E-state index in [1.165, 1.54) is 7.11 Å². The van der Waals surface area contributed by atoms with E-state index in [-0.39, 0.29) is 12.1 Å². The largest absolute Gasteiger partial charge is 0.453 e. The summed E-state index contributed by atoms with van der Waals surface area (Å²) in [5.41, 5.74) is 4.43. The number of fused-ring (bicyclic) bond motifs is 1. The van der Waals surface area contributed by atoms with E-state index in [9.17, 15) is 9.59 Å². The Kier molecular flexibility index (Phi) is 5.66. The third-order valence-corrected chi connectivity index (χ3v) is 5.10. The Bertz CT molecular complexity index is 1050. The van der Waals surface area contributed by atoms with Crippen molar-refractivity contribution >= 4 is 17.7 Å². The van der Waals surface area contributed by atoms with E-state index in [4.69, 9.17) is 0 Å². The van der Waals surface area contributed by atoms with Gasteiger partial charge in [0, 0.05) is 18.8 Å². The maximum Gasteiger partial charge on any atom is 0.407 e.